The third-order valence-electron chi connectivity index (χ3n) is 3.39. The van der Waals surface area contributed by atoms with Crippen LogP contribution in [0.4, 0.5) is 5.69 Å². The zero-order valence-corrected chi connectivity index (χ0v) is 15.0. The highest BCUT2D eigenvalue weighted by molar-refractivity contribution is 14.1. The normalized spacial score (nSPS) is 10.6. The SMILES string of the molecule is COc1cc(I)c(C(=O)Nc2ccc3oc(=O)[nH]c3c2)cc1OC. The van der Waals surface area contributed by atoms with Crippen LogP contribution in [0.5, 0.6) is 11.5 Å². The second-order valence-electron chi connectivity index (χ2n) is 4.87. The summed E-state index contributed by atoms with van der Waals surface area (Å²) < 4.78 is 16.1. The Morgan fingerprint density at radius 3 is 2.58 bits per heavy atom. The second-order valence-corrected chi connectivity index (χ2v) is 6.03. The Labute approximate surface area is 150 Å². The summed E-state index contributed by atoms with van der Waals surface area (Å²) in [5.41, 5.74) is 1.93. The molecule has 2 aromatic carbocycles. The van der Waals surface area contributed by atoms with Gasteiger partial charge in [-0.2, -0.15) is 0 Å². The molecule has 0 aliphatic carbocycles. The molecule has 3 rings (SSSR count). The van der Waals surface area contributed by atoms with Gasteiger partial charge in [0.1, 0.15) is 0 Å². The van der Waals surface area contributed by atoms with Gasteiger partial charge in [-0.15, -0.1) is 0 Å². The third-order valence-corrected chi connectivity index (χ3v) is 4.29. The predicted molar refractivity (Wildman–Crippen MR) is 97.1 cm³/mol. The van der Waals surface area contributed by atoms with Crippen LogP contribution in [-0.2, 0) is 0 Å². The van der Waals surface area contributed by atoms with Gasteiger partial charge in [-0.05, 0) is 52.9 Å². The smallest absolute Gasteiger partial charge is 0.417 e. The molecule has 2 N–H and O–H groups in total. The summed E-state index contributed by atoms with van der Waals surface area (Å²) in [5.74, 6) is 0.182. The van der Waals surface area contributed by atoms with Crippen molar-refractivity contribution in [2.75, 3.05) is 19.5 Å². The molecule has 0 atom stereocenters. The summed E-state index contributed by atoms with van der Waals surface area (Å²) in [7, 11) is 3.05. The summed E-state index contributed by atoms with van der Waals surface area (Å²) in [4.78, 5) is 26.3. The number of hydrogen-bond acceptors (Lipinski definition) is 5. The molecular formula is C16H13IN2O5. The zero-order valence-electron chi connectivity index (χ0n) is 12.8. The number of nitrogens with one attached hydrogen (secondary N) is 2. The first-order valence-electron chi connectivity index (χ1n) is 6.87. The Morgan fingerprint density at radius 2 is 1.88 bits per heavy atom. The molecule has 1 amide bonds. The van der Waals surface area contributed by atoms with E-state index in [1.54, 1.807) is 30.3 Å². The Morgan fingerprint density at radius 1 is 1.17 bits per heavy atom. The average molecular weight is 440 g/mol. The molecule has 124 valence electrons. The first-order valence-corrected chi connectivity index (χ1v) is 7.95. The van der Waals surface area contributed by atoms with Gasteiger partial charge in [-0.3, -0.25) is 9.78 Å². The Bertz CT molecular complexity index is 976. The van der Waals surface area contributed by atoms with E-state index in [0.717, 1.165) is 3.57 Å². The Balaban J connectivity index is 1.92. The number of halogens is 1. The minimum absolute atomic E-state index is 0.300. The molecule has 0 radical (unpaired) electrons. The summed E-state index contributed by atoms with van der Waals surface area (Å²) in [6.07, 6.45) is 0. The highest BCUT2D eigenvalue weighted by Gasteiger charge is 2.16. The summed E-state index contributed by atoms with van der Waals surface area (Å²) in [6.45, 7) is 0. The number of oxazole rings is 1. The summed E-state index contributed by atoms with van der Waals surface area (Å²) in [5, 5.41) is 2.79. The molecule has 24 heavy (non-hydrogen) atoms. The lowest BCUT2D eigenvalue weighted by molar-refractivity contribution is 0.102. The van der Waals surface area contributed by atoms with Crippen molar-refractivity contribution in [2.24, 2.45) is 0 Å². The minimum Gasteiger partial charge on any atom is -0.493 e. The molecule has 0 saturated heterocycles. The topological polar surface area (TPSA) is 93.6 Å². The number of fused-ring (bicyclic) bond motifs is 1. The third kappa shape index (κ3) is 3.09. The van der Waals surface area contributed by atoms with E-state index >= 15 is 0 Å². The molecule has 0 bridgehead atoms. The molecule has 1 aromatic heterocycles. The molecule has 0 fully saturated rings. The zero-order chi connectivity index (χ0) is 17.3. The molecule has 3 aromatic rings. The predicted octanol–water partition coefficient (Wildman–Crippen LogP) is 3.00. The maximum Gasteiger partial charge on any atom is 0.417 e. The number of aromatic nitrogens is 1. The van der Waals surface area contributed by atoms with Crippen LogP contribution in [0, 0.1) is 3.57 Å². The quantitative estimate of drug-likeness (QED) is 0.609. The van der Waals surface area contributed by atoms with Gasteiger partial charge in [0.15, 0.2) is 17.1 Å². The van der Waals surface area contributed by atoms with Crippen LogP contribution >= 0.6 is 22.6 Å². The molecule has 8 heteroatoms. The monoisotopic (exact) mass is 440 g/mol. The number of aromatic amines is 1. The van der Waals surface area contributed by atoms with Crippen molar-refractivity contribution in [2.45, 2.75) is 0 Å². The number of rotatable bonds is 4. The van der Waals surface area contributed by atoms with Crippen LogP contribution in [0.3, 0.4) is 0 Å². The molecule has 0 unspecified atom stereocenters. The van der Waals surface area contributed by atoms with Crippen LogP contribution in [0.1, 0.15) is 10.4 Å². The van der Waals surface area contributed by atoms with E-state index < -0.39 is 5.76 Å². The van der Waals surface area contributed by atoms with Crippen molar-refractivity contribution in [3.63, 3.8) is 0 Å². The lowest BCUT2D eigenvalue weighted by atomic mass is 10.1. The van der Waals surface area contributed by atoms with Crippen LogP contribution in [0.2, 0.25) is 0 Å². The second kappa shape index (κ2) is 6.56. The fourth-order valence-electron chi connectivity index (χ4n) is 2.26. The van der Waals surface area contributed by atoms with Crippen molar-refractivity contribution >= 4 is 45.3 Å². The van der Waals surface area contributed by atoms with Crippen molar-refractivity contribution < 1.29 is 18.7 Å². The molecule has 7 nitrogen and oxygen atoms in total. The number of carbonyl (C=O) groups is 1. The van der Waals surface area contributed by atoms with E-state index in [4.69, 9.17) is 13.9 Å². The summed E-state index contributed by atoms with van der Waals surface area (Å²) >= 11 is 2.06. The number of benzene rings is 2. The van der Waals surface area contributed by atoms with Gasteiger partial charge in [-0.25, -0.2) is 4.79 Å². The highest BCUT2D eigenvalue weighted by Crippen LogP contribution is 2.31. The molecule has 0 aliphatic rings. The maximum atomic E-state index is 12.5. The number of hydrogen-bond donors (Lipinski definition) is 2. The number of anilines is 1. The van der Waals surface area contributed by atoms with Gasteiger partial charge in [0.25, 0.3) is 5.91 Å². The standard InChI is InChI=1S/C16H13IN2O5/c1-22-13-6-9(10(17)7-14(13)23-2)15(20)18-8-3-4-12-11(5-8)19-16(21)24-12/h3-7H,1-2H3,(H,18,20)(H,19,21). The van der Waals surface area contributed by atoms with Crippen molar-refractivity contribution in [3.05, 3.63) is 50.0 Å². The van der Waals surface area contributed by atoms with E-state index in [0.29, 0.717) is 33.8 Å². The van der Waals surface area contributed by atoms with Gasteiger partial charge in [0, 0.05) is 9.26 Å². The van der Waals surface area contributed by atoms with Crippen molar-refractivity contribution in [1.29, 1.82) is 0 Å². The molecule has 1 heterocycles. The largest absolute Gasteiger partial charge is 0.493 e. The van der Waals surface area contributed by atoms with Gasteiger partial charge in [0.05, 0.1) is 25.3 Å². The lowest BCUT2D eigenvalue weighted by Crippen LogP contribution is -2.14. The maximum absolute atomic E-state index is 12.5. The van der Waals surface area contributed by atoms with Crippen LogP contribution < -0.4 is 20.5 Å². The molecular weight excluding hydrogens is 427 g/mol. The van der Waals surface area contributed by atoms with Crippen molar-refractivity contribution in [3.8, 4) is 11.5 Å². The number of amides is 1. The van der Waals surface area contributed by atoms with E-state index in [1.165, 1.54) is 14.2 Å². The molecule has 0 aliphatic heterocycles. The molecule has 0 saturated carbocycles. The Kier molecular flexibility index (Phi) is 4.47. The molecule has 0 spiro atoms. The van der Waals surface area contributed by atoms with Crippen molar-refractivity contribution in [1.82, 2.24) is 4.98 Å². The highest BCUT2D eigenvalue weighted by atomic mass is 127. The summed E-state index contributed by atoms with van der Waals surface area (Å²) in [6, 6.07) is 8.25. The van der Waals surface area contributed by atoms with E-state index in [1.807, 2.05) is 0 Å². The van der Waals surface area contributed by atoms with Gasteiger partial charge in [-0.1, -0.05) is 0 Å². The average Bonchev–Trinajstić information content (AvgIpc) is 2.93. The number of ether oxygens (including phenoxy) is 2. The Hall–Kier alpha value is -2.49. The fourth-order valence-corrected chi connectivity index (χ4v) is 2.94. The van der Waals surface area contributed by atoms with E-state index in [-0.39, 0.29) is 5.91 Å². The van der Waals surface area contributed by atoms with Crippen LogP contribution in [0.25, 0.3) is 11.1 Å². The van der Waals surface area contributed by atoms with E-state index in [2.05, 4.69) is 32.9 Å². The fraction of sp³-hybridized carbons (Fsp3) is 0.125. The van der Waals surface area contributed by atoms with Gasteiger partial charge < -0.3 is 19.2 Å². The van der Waals surface area contributed by atoms with Crippen LogP contribution in [0.15, 0.2) is 39.5 Å². The lowest BCUT2D eigenvalue weighted by Gasteiger charge is -2.12. The first kappa shape index (κ1) is 16.4. The van der Waals surface area contributed by atoms with E-state index in [9.17, 15) is 9.59 Å². The number of carbonyl (C=O) groups excluding carboxylic acids is 1. The minimum atomic E-state index is -0.539. The van der Waals surface area contributed by atoms with Gasteiger partial charge >= 0.3 is 5.76 Å². The van der Waals surface area contributed by atoms with Crippen LogP contribution in [-0.4, -0.2) is 25.1 Å². The first-order chi connectivity index (χ1) is 11.5. The number of H-pyrrole nitrogens is 1. The van der Waals surface area contributed by atoms with Gasteiger partial charge in [0.2, 0.25) is 0 Å². The number of methoxy groups -OCH3 is 2.